The standard InChI is InChI=1S/C14H20N2O4.ClH/c1-18-10-3-4-13(19-2)12(7-10)14(17)16-5-6-20-11(8-15)9-16;/h3-4,7,11H,5-6,8-9,15H2,1-2H3;1H. The first kappa shape index (κ1) is 17.6. The van der Waals surface area contributed by atoms with Gasteiger partial charge >= 0.3 is 0 Å². The molecule has 1 fully saturated rings. The van der Waals surface area contributed by atoms with Crippen LogP contribution in [-0.2, 0) is 4.74 Å². The first-order valence-corrected chi connectivity index (χ1v) is 6.52. The zero-order valence-corrected chi connectivity index (χ0v) is 13.0. The maximum atomic E-state index is 12.6. The summed E-state index contributed by atoms with van der Waals surface area (Å²) in [6.45, 7) is 1.95. The lowest BCUT2D eigenvalue weighted by molar-refractivity contribution is -0.0168. The van der Waals surface area contributed by atoms with Gasteiger partial charge in [0, 0.05) is 19.6 Å². The molecule has 1 saturated heterocycles. The topological polar surface area (TPSA) is 74.0 Å². The molecule has 2 rings (SSSR count). The molecule has 1 aromatic carbocycles. The highest BCUT2D eigenvalue weighted by molar-refractivity contribution is 5.97. The van der Waals surface area contributed by atoms with Crippen molar-refractivity contribution in [3.63, 3.8) is 0 Å². The van der Waals surface area contributed by atoms with Gasteiger partial charge in [-0.25, -0.2) is 0 Å². The van der Waals surface area contributed by atoms with E-state index in [2.05, 4.69) is 0 Å². The summed E-state index contributed by atoms with van der Waals surface area (Å²) in [5, 5.41) is 0. The van der Waals surface area contributed by atoms with E-state index >= 15 is 0 Å². The van der Waals surface area contributed by atoms with Gasteiger partial charge in [0.05, 0.1) is 32.5 Å². The van der Waals surface area contributed by atoms with Gasteiger partial charge in [-0.1, -0.05) is 0 Å². The molecular formula is C14H21ClN2O4. The fraction of sp³-hybridized carbons (Fsp3) is 0.500. The second-order valence-electron chi connectivity index (χ2n) is 4.55. The Morgan fingerprint density at radius 1 is 1.43 bits per heavy atom. The predicted molar refractivity (Wildman–Crippen MR) is 81.5 cm³/mol. The summed E-state index contributed by atoms with van der Waals surface area (Å²) < 4.78 is 15.9. The van der Waals surface area contributed by atoms with Crippen LogP contribution in [0.4, 0.5) is 0 Å². The molecule has 0 aromatic heterocycles. The smallest absolute Gasteiger partial charge is 0.257 e. The maximum Gasteiger partial charge on any atom is 0.257 e. The number of hydrogen-bond donors (Lipinski definition) is 1. The first-order chi connectivity index (χ1) is 9.69. The van der Waals surface area contributed by atoms with Crippen molar-refractivity contribution >= 4 is 18.3 Å². The summed E-state index contributed by atoms with van der Waals surface area (Å²) in [5.74, 6) is 1.06. The van der Waals surface area contributed by atoms with Crippen molar-refractivity contribution in [2.24, 2.45) is 5.73 Å². The number of rotatable bonds is 4. The van der Waals surface area contributed by atoms with Gasteiger partial charge in [0.15, 0.2) is 0 Å². The van der Waals surface area contributed by atoms with E-state index in [4.69, 9.17) is 19.9 Å². The Bertz CT molecular complexity index is 484. The Morgan fingerprint density at radius 3 is 2.81 bits per heavy atom. The van der Waals surface area contributed by atoms with Crippen molar-refractivity contribution in [3.8, 4) is 11.5 Å². The van der Waals surface area contributed by atoms with E-state index in [0.717, 1.165) is 0 Å². The van der Waals surface area contributed by atoms with Gasteiger partial charge in [0.2, 0.25) is 0 Å². The molecule has 1 unspecified atom stereocenters. The van der Waals surface area contributed by atoms with Crippen molar-refractivity contribution in [3.05, 3.63) is 23.8 Å². The van der Waals surface area contributed by atoms with Gasteiger partial charge in [0.25, 0.3) is 5.91 Å². The molecule has 0 radical (unpaired) electrons. The van der Waals surface area contributed by atoms with Crippen LogP contribution < -0.4 is 15.2 Å². The first-order valence-electron chi connectivity index (χ1n) is 6.52. The van der Waals surface area contributed by atoms with Gasteiger partial charge in [-0.15, -0.1) is 12.4 Å². The fourth-order valence-corrected chi connectivity index (χ4v) is 2.20. The second-order valence-corrected chi connectivity index (χ2v) is 4.55. The number of carbonyl (C=O) groups is 1. The van der Waals surface area contributed by atoms with Crippen LogP contribution in [0.25, 0.3) is 0 Å². The number of carbonyl (C=O) groups excluding carboxylic acids is 1. The summed E-state index contributed by atoms with van der Waals surface area (Å²) in [6.07, 6.45) is -0.107. The molecule has 2 N–H and O–H groups in total. The van der Waals surface area contributed by atoms with Crippen molar-refractivity contribution in [2.75, 3.05) is 40.5 Å². The molecule has 0 bridgehead atoms. The second kappa shape index (κ2) is 8.07. The van der Waals surface area contributed by atoms with E-state index in [9.17, 15) is 4.79 Å². The minimum Gasteiger partial charge on any atom is -0.497 e. The molecular weight excluding hydrogens is 296 g/mol. The quantitative estimate of drug-likeness (QED) is 0.894. The Balaban J connectivity index is 0.00000220. The minimum absolute atomic E-state index is 0. The number of hydrogen-bond acceptors (Lipinski definition) is 5. The lowest BCUT2D eigenvalue weighted by Gasteiger charge is -2.32. The Morgan fingerprint density at radius 2 is 2.19 bits per heavy atom. The third-order valence-electron chi connectivity index (χ3n) is 3.33. The summed E-state index contributed by atoms with van der Waals surface area (Å²) in [4.78, 5) is 14.3. The molecule has 0 aliphatic carbocycles. The van der Waals surface area contributed by atoms with Crippen molar-refractivity contribution in [1.29, 1.82) is 0 Å². The van der Waals surface area contributed by atoms with Crippen molar-refractivity contribution < 1.29 is 19.0 Å². The number of ether oxygens (including phenoxy) is 3. The summed E-state index contributed by atoms with van der Waals surface area (Å²) in [5.41, 5.74) is 6.09. The lowest BCUT2D eigenvalue weighted by atomic mass is 10.1. The lowest BCUT2D eigenvalue weighted by Crippen LogP contribution is -2.48. The van der Waals surface area contributed by atoms with E-state index in [0.29, 0.717) is 43.3 Å². The SMILES string of the molecule is COc1ccc(OC)c(C(=O)N2CCOC(CN)C2)c1.Cl. The predicted octanol–water partition coefficient (Wildman–Crippen LogP) is 0.925. The number of morpholine rings is 1. The van der Waals surface area contributed by atoms with E-state index in [1.165, 1.54) is 0 Å². The largest absolute Gasteiger partial charge is 0.497 e. The third kappa shape index (κ3) is 4.00. The number of benzene rings is 1. The Kier molecular flexibility index (Phi) is 6.74. The molecule has 118 valence electrons. The number of nitrogens with zero attached hydrogens (tertiary/aromatic N) is 1. The highest BCUT2D eigenvalue weighted by Gasteiger charge is 2.26. The average molecular weight is 317 g/mol. The van der Waals surface area contributed by atoms with E-state index in [1.54, 1.807) is 37.3 Å². The molecule has 7 heteroatoms. The number of halogens is 1. The van der Waals surface area contributed by atoms with Gasteiger partial charge < -0.3 is 24.8 Å². The number of nitrogens with two attached hydrogens (primary N) is 1. The highest BCUT2D eigenvalue weighted by Crippen LogP contribution is 2.25. The highest BCUT2D eigenvalue weighted by atomic mass is 35.5. The summed E-state index contributed by atoms with van der Waals surface area (Å²) in [7, 11) is 3.11. The molecule has 0 saturated carbocycles. The normalized spacial score (nSPS) is 17.9. The van der Waals surface area contributed by atoms with E-state index in [-0.39, 0.29) is 24.4 Å². The van der Waals surface area contributed by atoms with Crippen LogP contribution in [0.15, 0.2) is 18.2 Å². The molecule has 1 heterocycles. The van der Waals surface area contributed by atoms with Crippen molar-refractivity contribution in [2.45, 2.75) is 6.10 Å². The fourth-order valence-electron chi connectivity index (χ4n) is 2.20. The third-order valence-corrected chi connectivity index (χ3v) is 3.33. The van der Waals surface area contributed by atoms with Crippen molar-refractivity contribution in [1.82, 2.24) is 4.90 Å². The number of amides is 1. The molecule has 1 atom stereocenters. The van der Waals surface area contributed by atoms with Crippen LogP contribution in [0, 0.1) is 0 Å². The molecule has 1 aliphatic heterocycles. The monoisotopic (exact) mass is 316 g/mol. The van der Waals surface area contributed by atoms with Crippen LogP contribution in [0.5, 0.6) is 11.5 Å². The van der Waals surface area contributed by atoms with Crippen LogP contribution in [0.3, 0.4) is 0 Å². The molecule has 1 aromatic rings. The van der Waals surface area contributed by atoms with Crippen LogP contribution >= 0.6 is 12.4 Å². The Labute approximate surface area is 130 Å². The zero-order valence-electron chi connectivity index (χ0n) is 12.2. The molecule has 0 spiro atoms. The Hall–Kier alpha value is -1.50. The molecule has 1 aliphatic rings. The molecule has 6 nitrogen and oxygen atoms in total. The summed E-state index contributed by atoms with van der Waals surface area (Å²) in [6, 6.07) is 5.18. The minimum atomic E-state index is -0.107. The van der Waals surface area contributed by atoms with Crippen LogP contribution in [-0.4, -0.2) is 57.4 Å². The average Bonchev–Trinajstić information content (AvgIpc) is 2.53. The summed E-state index contributed by atoms with van der Waals surface area (Å²) >= 11 is 0. The van der Waals surface area contributed by atoms with Gasteiger partial charge in [-0.05, 0) is 18.2 Å². The van der Waals surface area contributed by atoms with E-state index in [1.807, 2.05) is 0 Å². The van der Waals surface area contributed by atoms with Gasteiger partial charge in [0.1, 0.15) is 11.5 Å². The van der Waals surface area contributed by atoms with Gasteiger partial charge in [-0.3, -0.25) is 4.79 Å². The molecule has 21 heavy (non-hydrogen) atoms. The van der Waals surface area contributed by atoms with E-state index < -0.39 is 0 Å². The number of methoxy groups -OCH3 is 2. The zero-order chi connectivity index (χ0) is 14.5. The molecule has 1 amide bonds. The maximum absolute atomic E-state index is 12.6. The van der Waals surface area contributed by atoms with Crippen LogP contribution in [0.2, 0.25) is 0 Å². The van der Waals surface area contributed by atoms with Crippen LogP contribution in [0.1, 0.15) is 10.4 Å². The van der Waals surface area contributed by atoms with Gasteiger partial charge in [-0.2, -0.15) is 0 Å².